The monoisotopic (exact) mass is 314 g/mol. The number of halogens is 1. The lowest BCUT2D eigenvalue weighted by atomic mass is 10.2. The van der Waals surface area contributed by atoms with Crippen molar-refractivity contribution >= 4 is 38.8 Å². The highest BCUT2D eigenvalue weighted by atomic mass is 32.1. The number of carbonyl (C=O) groups excluding carboxylic acids is 1. The highest BCUT2D eigenvalue weighted by Gasteiger charge is 2.08. The molecule has 0 aliphatic heterocycles. The van der Waals surface area contributed by atoms with Gasteiger partial charge in [-0.15, -0.1) is 0 Å². The lowest BCUT2D eigenvalue weighted by molar-refractivity contribution is 0.0955. The molecule has 1 aromatic heterocycles. The Morgan fingerprint density at radius 2 is 2.14 bits per heavy atom. The van der Waals surface area contributed by atoms with Gasteiger partial charge in [-0.05, 0) is 24.3 Å². The second-order valence-corrected chi connectivity index (χ2v) is 5.52. The van der Waals surface area contributed by atoms with Crippen molar-refractivity contribution < 1.29 is 9.18 Å². The van der Waals surface area contributed by atoms with Gasteiger partial charge in [-0.1, -0.05) is 29.5 Å². The molecule has 0 saturated heterocycles. The van der Waals surface area contributed by atoms with Gasteiger partial charge in [-0.2, -0.15) is 5.10 Å². The lowest BCUT2D eigenvalue weighted by Crippen LogP contribution is -2.17. The van der Waals surface area contributed by atoms with Crippen LogP contribution >= 0.6 is 11.3 Å². The van der Waals surface area contributed by atoms with Gasteiger partial charge in [0.15, 0.2) is 5.13 Å². The third-order valence-electron chi connectivity index (χ3n) is 2.94. The number of hydrogen-bond donors (Lipinski definition) is 2. The van der Waals surface area contributed by atoms with Crippen molar-refractivity contribution in [3.8, 4) is 0 Å². The molecule has 0 aliphatic rings. The third-order valence-corrected chi connectivity index (χ3v) is 3.79. The van der Waals surface area contributed by atoms with Gasteiger partial charge < -0.3 is 5.73 Å². The van der Waals surface area contributed by atoms with E-state index in [1.807, 2.05) is 0 Å². The van der Waals surface area contributed by atoms with E-state index in [-0.39, 0.29) is 5.91 Å². The molecule has 3 N–H and O–H groups in total. The van der Waals surface area contributed by atoms with Gasteiger partial charge in [0, 0.05) is 11.1 Å². The van der Waals surface area contributed by atoms with Crippen molar-refractivity contribution in [2.24, 2.45) is 5.10 Å². The standard InChI is InChI=1S/C15H11FN4OS/c16-11-4-2-1-3-10(11)8-18-20-14(21)9-5-6-12-13(7-9)22-15(17)19-12/h1-8H,(H2,17,19)(H,20,21)/b18-8+. The number of nitrogens with two attached hydrogens (primary N) is 1. The van der Waals surface area contributed by atoms with Gasteiger partial charge in [-0.3, -0.25) is 4.79 Å². The first-order chi connectivity index (χ1) is 10.6. The molecule has 1 amide bonds. The third kappa shape index (κ3) is 2.94. The maximum Gasteiger partial charge on any atom is 0.271 e. The van der Waals surface area contributed by atoms with E-state index in [4.69, 9.17) is 5.73 Å². The second kappa shape index (κ2) is 5.90. The van der Waals surface area contributed by atoms with E-state index in [1.54, 1.807) is 36.4 Å². The van der Waals surface area contributed by atoms with Crippen LogP contribution in [0.25, 0.3) is 10.2 Å². The summed E-state index contributed by atoms with van der Waals surface area (Å²) in [5.74, 6) is -0.788. The number of anilines is 1. The number of carbonyl (C=O) groups is 1. The van der Waals surface area contributed by atoms with Crippen molar-refractivity contribution in [1.82, 2.24) is 10.4 Å². The van der Waals surface area contributed by atoms with Gasteiger partial charge in [0.05, 0.1) is 16.4 Å². The molecule has 0 radical (unpaired) electrons. The number of rotatable bonds is 3. The summed E-state index contributed by atoms with van der Waals surface area (Å²) < 4.78 is 14.2. The molecule has 5 nitrogen and oxygen atoms in total. The van der Waals surface area contributed by atoms with E-state index in [0.29, 0.717) is 16.3 Å². The Morgan fingerprint density at radius 1 is 1.32 bits per heavy atom. The summed E-state index contributed by atoms with van der Waals surface area (Å²) in [6.07, 6.45) is 1.26. The number of hydrazone groups is 1. The minimum Gasteiger partial charge on any atom is -0.375 e. The summed E-state index contributed by atoms with van der Waals surface area (Å²) in [7, 11) is 0. The van der Waals surface area contributed by atoms with E-state index >= 15 is 0 Å². The Hall–Kier alpha value is -2.80. The smallest absolute Gasteiger partial charge is 0.271 e. The average molecular weight is 314 g/mol. The summed E-state index contributed by atoms with van der Waals surface area (Å²) in [5.41, 5.74) is 9.46. The first-order valence-corrected chi connectivity index (χ1v) is 7.19. The number of amides is 1. The SMILES string of the molecule is Nc1nc2ccc(C(=O)N/N=C/c3ccccc3F)cc2s1. The van der Waals surface area contributed by atoms with Crippen LogP contribution in [0.4, 0.5) is 9.52 Å². The van der Waals surface area contributed by atoms with Gasteiger partial charge in [-0.25, -0.2) is 14.8 Å². The van der Waals surface area contributed by atoms with Crippen LogP contribution in [-0.4, -0.2) is 17.1 Å². The fourth-order valence-electron chi connectivity index (χ4n) is 1.89. The molecular weight excluding hydrogens is 303 g/mol. The fourth-order valence-corrected chi connectivity index (χ4v) is 2.66. The van der Waals surface area contributed by atoms with Crippen LogP contribution in [-0.2, 0) is 0 Å². The summed E-state index contributed by atoms with van der Waals surface area (Å²) in [6, 6.07) is 11.2. The van der Waals surface area contributed by atoms with Crippen LogP contribution < -0.4 is 11.2 Å². The largest absolute Gasteiger partial charge is 0.375 e. The quantitative estimate of drug-likeness (QED) is 0.576. The molecule has 0 unspecified atom stereocenters. The highest BCUT2D eigenvalue weighted by Crippen LogP contribution is 2.24. The van der Waals surface area contributed by atoms with Gasteiger partial charge in [0.25, 0.3) is 5.91 Å². The molecule has 0 spiro atoms. The molecule has 1 heterocycles. The molecule has 22 heavy (non-hydrogen) atoms. The normalized spacial score (nSPS) is 11.1. The Morgan fingerprint density at radius 3 is 2.95 bits per heavy atom. The van der Waals surface area contributed by atoms with Gasteiger partial charge in [0.2, 0.25) is 0 Å². The Balaban J connectivity index is 1.74. The Kier molecular flexibility index (Phi) is 3.80. The summed E-state index contributed by atoms with van der Waals surface area (Å²) in [6.45, 7) is 0. The number of hydrogen-bond acceptors (Lipinski definition) is 5. The van der Waals surface area contributed by atoms with Crippen molar-refractivity contribution in [3.63, 3.8) is 0 Å². The Labute approximate surface area is 129 Å². The maximum atomic E-state index is 13.4. The van der Waals surface area contributed by atoms with Crippen molar-refractivity contribution in [2.45, 2.75) is 0 Å². The molecule has 0 fully saturated rings. The van der Waals surface area contributed by atoms with Crippen LogP contribution in [0.15, 0.2) is 47.6 Å². The van der Waals surface area contributed by atoms with Crippen LogP contribution in [0.1, 0.15) is 15.9 Å². The van der Waals surface area contributed by atoms with E-state index in [1.165, 1.54) is 23.6 Å². The summed E-state index contributed by atoms with van der Waals surface area (Å²) in [5, 5.41) is 4.21. The molecule has 110 valence electrons. The zero-order valence-electron chi connectivity index (χ0n) is 11.3. The van der Waals surface area contributed by atoms with Crippen molar-refractivity contribution in [2.75, 3.05) is 5.73 Å². The molecule has 7 heteroatoms. The van der Waals surface area contributed by atoms with E-state index in [2.05, 4.69) is 15.5 Å². The predicted octanol–water partition coefficient (Wildman–Crippen LogP) is 2.78. The van der Waals surface area contributed by atoms with Crippen LogP contribution in [0.3, 0.4) is 0 Å². The number of nitrogens with zero attached hydrogens (tertiary/aromatic N) is 2. The highest BCUT2D eigenvalue weighted by molar-refractivity contribution is 7.22. The number of nitrogens with one attached hydrogen (secondary N) is 1. The number of nitrogen functional groups attached to an aromatic ring is 1. The van der Waals surface area contributed by atoms with Crippen molar-refractivity contribution in [3.05, 3.63) is 59.4 Å². The minimum absolute atomic E-state index is 0.300. The molecule has 3 aromatic rings. The number of aromatic nitrogens is 1. The van der Waals surface area contributed by atoms with Gasteiger partial charge in [0.1, 0.15) is 5.82 Å². The molecule has 0 saturated carbocycles. The zero-order valence-corrected chi connectivity index (χ0v) is 12.1. The predicted molar refractivity (Wildman–Crippen MR) is 85.5 cm³/mol. The first-order valence-electron chi connectivity index (χ1n) is 6.37. The molecule has 0 atom stereocenters. The second-order valence-electron chi connectivity index (χ2n) is 4.46. The number of benzene rings is 2. The van der Waals surface area contributed by atoms with E-state index in [0.717, 1.165) is 10.2 Å². The van der Waals surface area contributed by atoms with Crippen molar-refractivity contribution in [1.29, 1.82) is 0 Å². The maximum absolute atomic E-state index is 13.4. The molecule has 2 aromatic carbocycles. The van der Waals surface area contributed by atoms with E-state index in [9.17, 15) is 9.18 Å². The molecule has 3 rings (SSSR count). The van der Waals surface area contributed by atoms with E-state index < -0.39 is 5.82 Å². The molecule has 0 aliphatic carbocycles. The first kappa shape index (κ1) is 14.2. The number of fused-ring (bicyclic) bond motifs is 1. The van der Waals surface area contributed by atoms with Crippen LogP contribution in [0.2, 0.25) is 0 Å². The minimum atomic E-state index is -0.401. The zero-order chi connectivity index (χ0) is 15.5. The Bertz CT molecular complexity index is 875. The van der Waals surface area contributed by atoms with Gasteiger partial charge >= 0.3 is 0 Å². The molecule has 0 bridgehead atoms. The van der Waals surface area contributed by atoms with Crippen LogP contribution in [0, 0.1) is 5.82 Å². The fraction of sp³-hybridized carbons (Fsp3) is 0. The lowest BCUT2D eigenvalue weighted by Gasteiger charge is -2.00. The average Bonchev–Trinajstić information content (AvgIpc) is 2.88. The number of thiazole rings is 1. The topological polar surface area (TPSA) is 80.4 Å². The molecular formula is C15H11FN4OS. The summed E-state index contributed by atoms with van der Waals surface area (Å²) in [4.78, 5) is 16.1. The summed E-state index contributed by atoms with van der Waals surface area (Å²) >= 11 is 1.31. The van der Waals surface area contributed by atoms with Crippen LogP contribution in [0.5, 0.6) is 0 Å².